The van der Waals surface area contributed by atoms with Crippen LogP contribution in [0.5, 0.6) is 0 Å². The predicted molar refractivity (Wildman–Crippen MR) is 43.7 cm³/mol. The number of rotatable bonds is 4. The van der Waals surface area contributed by atoms with E-state index >= 15 is 0 Å². The number of hydrogen-bond acceptors (Lipinski definition) is 3. The topological polar surface area (TPSA) is 21.8 Å². The third kappa shape index (κ3) is 2.29. The second-order valence-corrected chi connectivity index (χ2v) is 3.38. The van der Waals surface area contributed by atoms with Gasteiger partial charge in [-0.2, -0.15) is 11.3 Å². The van der Waals surface area contributed by atoms with Crippen LogP contribution in [0.15, 0.2) is 16.8 Å². The molecule has 3 heteroatoms. The van der Waals surface area contributed by atoms with E-state index in [1.54, 1.807) is 11.3 Å². The van der Waals surface area contributed by atoms with Gasteiger partial charge in [0.2, 0.25) is 0 Å². The summed E-state index contributed by atoms with van der Waals surface area (Å²) in [4.78, 5) is 0. The highest BCUT2D eigenvalue weighted by atomic mass is 32.1. The van der Waals surface area contributed by atoms with E-state index in [1.807, 2.05) is 0 Å². The molecule has 1 aromatic rings. The summed E-state index contributed by atoms with van der Waals surface area (Å²) in [5.74, 6) is 0. The van der Waals surface area contributed by atoms with E-state index in [-0.39, 0.29) is 0 Å². The lowest BCUT2D eigenvalue weighted by Gasteiger charge is -1.97. The van der Waals surface area contributed by atoms with Gasteiger partial charge in [-0.15, -0.1) is 0 Å². The first-order valence-electron chi connectivity index (χ1n) is 3.65. The van der Waals surface area contributed by atoms with Gasteiger partial charge in [0.05, 0.1) is 19.8 Å². The zero-order valence-corrected chi connectivity index (χ0v) is 6.97. The molecule has 0 saturated carbocycles. The summed E-state index contributed by atoms with van der Waals surface area (Å²) < 4.78 is 10.4. The van der Waals surface area contributed by atoms with Gasteiger partial charge in [0, 0.05) is 0 Å². The summed E-state index contributed by atoms with van der Waals surface area (Å²) in [5, 5.41) is 4.17. The van der Waals surface area contributed by atoms with Crippen molar-refractivity contribution in [3.05, 3.63) is 22.4 Å². The fourth-order valence-corrected chi connectivity index (χ4v) is 1.50. The molecule has 0 amide bonds. The van der Waals surface area contributed by atoms with Crippen LogP contribution in [0.4, 0.5) is 0 Å². The van der Waals surface area contributed by atoms with Gasteiger partial charge in [0.25, 0.3) is 0 Å². The summed E-state index contributed by atoms with van der Waals surface area (Å²) >= 11 is 1.70. The number of thiophene rings is 1. The Hall–Kier alpha value is -0.380. The summed E-state index contributed by atoms with van der Waals surface area (Å²) in [6.45, 7) is 2.35. The van der Waals surface area contributed by atoms with Crippen molar-refractivity contribution in [2.75, 3.05) is 13.2 Å². The van der Waals surface area contributed by atoms with Crippen molar-refractivity contribution in [3.63, 3.8) is 0 Å². The van der Waals surface area contributed by atoms with Crippen molar-refractivity contribution in [2.24, 2.45) is 0 Å². The average Bonchev–Trinajstić information content (AvgIpc) is 2.66. The molecular weight excluding hydrogens is 160 g/mol. The van der Waals surface area contributed by atoms with E-state index in [0.29, 0.717) is 6.10 Å². The molecule has 0 radical (unpaired) electrons. The van der Waals surface area contributed by atoms with Crippen LogP contribution in [-0.4, -0.2) is 19.3 Å². The zero-order valence-electron chi connectivity index (χ0n) is 6.16. The van der Waals surface area contributed by atoms with Gasteiger partial charge in [-0.3, -0.25) is 0 Å². The van der Waals surface area contributed by atoms with Crippen molar-refractivity contribution in [1.29, 1.82) is 0 Å². The minimum Gasteiger partial charge on any atom is -0.374 e. The van der Waals surface area contributed by atoms with Crippen molar-refractivity contribution < 1.29 is 9.47 Å². The minimum atomic E-state index is 0.383. The van der Waals surface area contributed by atoms with Crippen molar-refractivity contribution >= 4 is 11.3 Å². The second kappa shape index (κ2) is 3.34. The van der Waals surface area contributed by atoms with E-state index in [0.717, 1.165) is 19.8 Å². The third-order valence-corrected chi connectivity index (χ3v) is 2.29. The molecule has 1 saturated heterocycles. The van der Waals surface area contributed by atoms with Gasteiger partial charge in [-0.1, -0.05) is 0 Å². The molecule has 0 N–H and O–H groups in total. The Morgan fingerprint density at radius 2 is 2.64 bits per heavy atom. The lowest BCUT2D eigenvalue weighted by atomic mass is 10.4. The highest BCUT2D eigenvalue weighted by molar-refractivity contribution is 7.07. The van der Waals surface area contributed by atoms with Gasteiger partial charge in [-0.05, 0) is 22.4 Å². The van der Waals surface area contributed by atoms with Crippen LogP contribution in [0.1, 0.15) is 5.56 Å². The maximum absolute atomic E-state index is 5.38. The highest BCUT2D eigenvalue weighted by Gasteiger charge is 2.22. The number of epoxide rings is 1. The van der Waals surface area contributed by atoms with Crippen LogP contribution in [0.3, 0.4) is 0 Å². The smallest absolute Gasteiger partial charge is 0.104 e. The van der Waals surface area contributed by atoms with Crippen molar-refractivity contribution in [2.45, 2.75) is 12.7 Å². The molecule has 1 aromatic heterocycles. The lowest BCUT2D eigenvalue weighted by Crippen LogP contribution is -2.00. The Balaban J connectivity index is 1.66. The van der Waals surface area contributed by atoms with E-state index in [2.05, 4.69) is 16.8 Å². The van der Waals surface area contributed by atoms with Gasteiger partial charge in [0.15, 0.2) is 0 Å². The zero-order chi connectivity index (χ0) is 7.52. The van der Waals surface area contributed by atoms with E-state index in [1.165, 1.54) is 5.56 Å². The standard InChI is InChI=1S/C8H10O2S/c1-2-11-6-7(1)3-9-4-8-5-10-8/h1-2,6,8H,3-5H2. The molecule has 0 aliphatic carbocycles. The van der Waals surface area contributed by atoms with E-state index in [9.17, 15) is 0 Å². The van der Waals surface area contributed by atoms with Crippen molar-refractivity contribution in [3.8, 4) is 0 Å². The summed E-state index contributed by atoms with van der Waals surface area (Å²) in [7, 11) is 0. The number of ether oxygens (including phenoxy) is 2. The number of hydrogen-bond donors (Lipinski definition) is 0. The first-order chi connectivity index (χ1) is 5.45. The van der Waals surface area contributed by atoms with Crippen LogP contribution >= 0.6 is 11.3 Å². The molecule has 1 fully saturated rings. The van der Waals surface area contributed by atoms with E-state index in [4.69, 9.17) is 9.47 Å². The summed E-state index contributed by atoms with van der Waals surface area (Å²) in [5.41, 5.74) is 1.26. The normalized spacial score (nSPS) is 22.0. The Bertz CT molecular complexity index is 204. The Kier molecular flexibility index (Phi) is 2.21. The molecule has 2 rings (SSSR count). The maximum atomic E-state index is 5.38. The van der Waals surface area contributed by atoms with Gasteiger partial charge >= 0.3 is 0 Å². The highest BCUT2D eigenvalue weighted by Crippen LogP contribution is 2.11. The van der Waals surface area contributed by atoms with Crippen LogP contribution in [-0.2, 0) is 16.1 Å². The molecule has 0 aromatic carbocycles. The van der Waals surface area contributed by atoms with Gasteiger partial charge < -0.3 is 9.47 Å². The maximum Gasteiger partial charge on any atom is 0.104 e. The first kappa shape index (κ1) is 7.28. The Morgan fingerprint density at radius 1 is 1.73 bits per heavy atom. The monoisotopic (exact) mass is 170 g/mol. The molecule has 2 heterocycles. The second-order valence-electron chi connectivity index (χ2n) is 2.60. The van der Waals surface area contributed by atoms with E-state index < -0.39 is 0 Å². The Morgan fingerprint density at radius 3 is 3.27 bits per heavy atom. The molecule has 1 aliphatic rings. The molecular formula is C8H10O2S. The summed E-state index contributed by atoms with van der Waals surface area (Å²) in [6.07, 6.45) is 0.383. The van der Waals surface area contributed by atoms with Crippen LogP contribution in [0.25, 0.3) is 0 Å². The van der Waals surface area contributed by atoms with Crippen LogP contribution < -0.4 is 0 Å². The molecule has 11 heavy (non-hydrogen) atoms. The molecule has 1 aliphatic heterocycles. The molecule has 2 nitrogen and oxygen atoms in total. The molecule has 1 unspecified atom stereocenters. The summed E-state index contributed by atoms with van der Waals surface area (Å²) in [6, 6.07) is 2.08. The SMILES string of the molecule is c1cc(COCC2CO2)cs1. The predicted octanol–water partition coefficient (Wildman–Crippen LogP) is 1.66. The van der Waals surface area contributed by atoms with Crippen molar-refractivity contribution in [1.82, 2.24) is 0 Å². The molecule has 0 bridgehead atoms. The minimum absolute atomic E-state index is 0.383. The molecule has 1 atom stereocenters. The fraction of sp³-hybridized carbons (Fsp3) is 0.500. The molecule has 0 spiro atoms. The van der Waals surface area contributed by atoms with Gasteiger partial charge in [0.1, 0.15) is 6.10 Å². The largest absolute Gasteiger partial charge is 0.374 e. The molecule has 60 valence electrons. The third-order valence-electron chi connectivity index (χ3n) is 1.55. The van der Waals surface area contributed by atoms with Crippen LogP contribution in [0.2, 0.25) is 0 Å². The van der Waals surface area contributed by atoms with Crippen LogP contribution in [0, 0.1) is 0 Å². The quantitative estimate of drug-likeness (QED) is 0.641. The average molecular weight is 170 g/mol. The fourth-order valence-electron chi connectivity index (χ4n) is 0.847. The first-order valence-corrected chi connectivity index (χ1v) is 4.60. The Labute approximate surface area is 69.8 Å². The lowest BCUT2D eigenvalue weighted by molar-refractivity contribution is 0.104. The van der Waals surface area contributed by atoms with Gasteiger partial charge in [-0.25, -0.2) is 0 Å².